The van der Waals surface area contributed by atoms with Crippen LogP contribution in [-0.2, 0) is 4.74 Å². The Morgan fingerprint density at radius 3 is 1.75 bits per heavy atom. The van der Waals surface area contributed by atoms with E-state index in [9.17, 15) is 0 Å². The lowest BCUT2D eigenvalue weighted by Gasteiger charge is -1.95. The van der Waals surface area contributed by atoms with Crippen molar-refractivity contribution in [3.8, 4) is 0 Å². The van der Waals surface area contributed by atoms with E-state index in [0.29, 0.717) is 19.8 Å². The molecule has 3 nitrogen and oxygen atoms in total. The van der Waals surface area contributed by atoms with E-state index in [1.807, 2.05) is 26.3 Å². The minimum atomic E-state index is 0. The van der Waals surface area contributed by atoms with Crippen LogP contribution in [-0.4, -0.2) is 25.0 Å². The van der Waals surface area contributed by atoms with Gasteiger partial charge in [-0.3, -0.25) is 0 Å². The average Bonchev–Trinajstić information content (AvgIpc) is 2.31. The van der Waals surface area contributed by atoms with Crippen LogP contribution in [0.2, 0.25) is 0 Å². The van der Waals surface area contributed by atoms with Crippen molar-refractivity contribution in [3.05, 3.63) is 0 Å². The van der Waals surface area contributed by atoms with Crippen LogP contribution in [0.25, 0.3) is 0 Å². The molecule has 0 saturated carbocycles. The summed E-state index contributed by atoms with van der Waals surface area (Å²) in [7, 11) is 0. The molecule has 0 rings (SSSR count). The van der Waals surface area contributed by atoms with Crippen molar-refractivity contribution < 1.29 is 11.4 Å². The van der Waals surface area contributed by atoms with Gasteiger partial charge in [-0.1, -0.05) is 60.8 Å². The average molecular weight is 239 g/mol. The molecule has 16 heavy (non-hydrogen) atoms. The number of hydrogen-bond acceptors (Lipinski definition) is 3. The van der Waals surface area contributed by atoms with Gasteiger partial charge in [0.2, 0.25) is 0 Å². The van der Waals surface area contributed by atoms with E-state index in [2.05, 4.69) is 13.8 Å². The van der Waals surface area contributed by atoms with Crippen LogP contribution < -0.4 is 5.48 Å². The van der Waals surface area contributed by atoms with Gasteiger partial charge in [0.15, 0.2) is 0 Å². The highest BCUT2D eigenvalue weighted by Crippen LogP contribution is 1.95. The molecule has 0 atom stereocenters. The molecule has 0 bridgehead atoms. The van der Waals surface area contributed by atoms with Gasteiger partial charge in [0.1, 0.15) is 0 Å². The lowest BCUT2D eigenvalue weighted by atomic mass is 10.2. The number of rotatable bonds is 7. The molecular weight excluding hydrogens is 202 g/mol. The quantitative estimate of drug-likeness (QED) is 0.508. The minimum absolute atomic E-state index is 0. The second kappa shape index (κ2) is 36.4. The van der Waals surface area contributed by atoms with Crippen LogP contribution in [0.1, 0.15) is 69.2 Å². The third kappa shape index (κ3) is 48.6. The fourth-order valence-corrected chi connectivity index (χ4v) is 0.762. The maximum Gasteiger partial charge on any atom is 0.0613 e. The molecule has 106 valence electrons. The zero-order valence-electron chi connectivity index (χ0n) is 11.3. The fourth-order valence-electron chi connectivity index (χ4n) is 0.762. The van der Waals surface area contributed by atoms with Gasteiger partial charge in [0.25, 0.3) is 0 Å². The molecule has 2 N–H and O–H groups in total. The van der Waals surface area contributed by atoms with Gasteiger partial charge < -0.3 is 9.94 Å². The first-order valence-electron chi connectivity index (χ1n) is 6.28. The van der Waals surface area contributed by atoms with E-state index >= 15 is 0 Å². The summed E-state index contributed by atoms with van der Waals surface area (Å²) >= 11 is 0. The molecule has 0 heterocycles. The van der Waals surface area contributed by atoms with Gasteiger partial charge in [-0.05, 0) is 6.92 Å². The van der Waals surface area contributed by atoms with E-state index < -0.39 is 0 Å². The molecule has 0 amide bonds. The Labute approximate surface area is 105 Å². The SMILES string of the molecule is C.CC.CCCCCC.CCOCCNO.[HH]. The monoisotopic (exact) mass is 239 g/mol. The summed E-state index contributed by atoms with van der Waals surface area (Å²) in [5, 5.41) is 7.96. The molecule has 0 aromatic rings. The van der Waals surface area contributed by atoms with E-state index in [4.69, 9.17) is 9.94 Å². The maximum absolute atomic E-state index is 7.96. The first kappa shape index (κ1) is 24.9. The second-order valence-electron chi connectivity index (χ2n) is 2.81. The number of hydrogen-bond donors (Lipinski definition) is 2. The van der Waals surface area contributed by atoms with Crippen molar-refractivity contribution in [1.29, 1.82) is 0 Å². The maximum atomic E-state index is 7.96. The Hall–Kier alpha value is -0.120. The highest BCUT2D eigenvalue weighted by atomic mass is 16.5. The lowest BCUT2D eigenvalue weighted by Crippen LogP contribution is -2.14. The van der Waals surface area contributed by atoms with Crippen molar-refractivity contribution in [1.82, 2.24) is 5.48 Å². The molecule has 3 heteroatoms. The fraction of sp³-hybridized carbons (Fsp3) is 1.00. The Bertz CT molecular complexity index is 68.4. The van der Waals surface area contributed by atoms with Crippen LogP contribution in [0.15, 0.2) is 0 Å². The summed E-state index contributed by atoms with van der Waals surface area (Å²) in [5.74, 6) is 0. The third-order valence-electron chi connectivity index (χ3n) is 1.52. The Morgan fingerprint density at radius 1 is 1.06 bits per heavy atom. The molecule has 0 aliphatic carbocycles. The van der Waals surface area contributed by atoms with Crippen LogP contribution in [0, 0.1) is 0 Å². The highest BCUT2D eigenvalue weighted by Gasteiger charge is 1.78. The first-order valence-corrected chi connectivity index (χ1v) is 6.28. The predicted molar refractivity (Wildman–Crippen MR) is 76.3 cm³/mol. The summed E-state index contributed by atoms with van der Waals surface area (Å²) in [6.45, 7) is 12.2. The zero-order chi connectivity index (χ0) is 12.4. The number of hydroxylamine groups is 1. The minimum Gasteiger partial charge on any atom is -0.380 e. The largest absolute Gasteiger partial charge is 0.380 e. The Kier molecular flexibility index (Phi) is 56.6. The molecule has 0 aliphatic rings. The molecular formula is C13H37NO2. The Balaban J connectivity index is -0.0000000448. The van der Waals surface area contributed by atoms with Crippen LogP contribution in [0.5, 0.6) is 0 Å². The second-order valence-corrected chi connectivity index (χ2v) is 2.81. The van der Waals surface area contributed by atoms with E-state index in [1.165, 1.54) is 25.7 Å². The highest BCUT2D eigenvalue weighted by molar-refractivity contribution is 4.31. The molecule has 0 spiro atoms. The number of unbranched alkanes of at least 4 members (excludes halogenated alkanes) is 3. The molecule has 0 aromatic heterocycles. The predicted octanol–water partition coefficient (Wildman–Crippen LogP) is 4.50. The van der Waals surface area contributed by atoms with E-state index in [1.54, 1.807) is 0 Å². The van der Waals surface area contributed by atoms with Crippen LogP contribution in [0.3, 0.4) is 0 Å². The Morgan fingerprint density at radius 2 is 1.50 bits per heavy atom. The molecule has 0 aliphatic heterocycles. The van der Waals surface area contributed by atoms with Gasteiger partial charge >= 0.3 is 0 Å². The summed E-state index contributed by atoms with van der Waals surface area (Å²) in [6.07, 6.45) is 5.54. The molecule has 0 fully saturated rings. The molecule has 0 aromatic carbocycles. The summed E-state index contributed by atoms with van der Waals surface area (Å²) < 4.78 is 4.85. The van der Waals surface area contributed by atoms with E-state index in [0.717, 1.165) is 0 Å². The van der Waals surface area contributed by atoms with Crippen LogP contribution in [0.4, 0.5) is 0 Å². The topological polar surface area (TPSA) is 41.5 Å². The van der Waals surface area contributed by atoms with Gasteiger partial charge in [0, 0.05) is 14.6 Å². The van der Waals surface area contributed by atoms with Crippen molar-refractivity contribution in [2.24, 2.45) is 0 Å². The zero-order valence-corrected chi connectivity index (χ0v) is 11.3. The van der Waals surface area contributed by atoms with Crippen molar-refractivity contribution in [3.63, 3.8) is 0 Å². The molecule has 0 saturated heterocycles. The molecule has 0 radical (unpaired) electrons. The third-order valence-corrected chi connectivity index (χ3v) is 1.52. The van der Waals surface area contributed by atoms with Gasteiger partial charge in [-0.15, -0.1) is 0 Å². The smallest absolute Gasteiger partial charge is 0.0613 e. The standard InChI is InChI=1S/C6H14.C4H11NO2.C2H6.CH4.H2/c1-3-5-6-4-2;1-2-7-4-3-5-6;1-2;;/h3-6H2,1-2H3;5-6H,2-4H2,1H3;1-2H3;1H4;1H. The lowest BCUT2D eigenvalue weighted by molar-refractivity contribution is 0.0973. The van der Waals surface area contributed by atoms with Gasteiger partial charge in [0.05, 0.1) is 6.61 Å². The van der Waals surface area contributed by atoms with Crippen molar-refractivity contribution in [2.45, 2.75) is 67.7 Å². The molecule has 0 unspecified atom stereocenters. The van der Waals surface area contributed by atoms with Gasteiger partial charge in [-0.2, -0.15) is 0 Å². The summed E-state index contributed by atoms with van der Waals surface area (Å²) in [4.78, 5) is 0. The number of ether oxygens (including phenoxy) is 1. The first-order chi connectivity index (χ1) is 7.33. The van der Waals surface area contributed by atoms with E-state index in [-0.39, 0.29) is 8.85 Å². The van der Waals surface area contributed by atoms with Gasteiger partial charge in [-0.25, -0.2) is 5.48 Å². The summed E-state index contributed by atoms with van der Waals surface area (Å²) in [6, 6.07) is 0. The van der Waals surface area contributed by atoms with Crippen LogP contribution >= 0.6 is 0 Å². The summed E-state index contributed by atoms with van der Waals surface area (Å²) in [5.41, 5.74) is 1.98. The normalized spacial score (nSPS) is 7.88. The number of nitrogens with one attached hydrogen (secondary N) is 1. The van der Waals surface area contributed by atoms with Crippen molar-refractivity contribution in [2.75, 3.05) is 19.8 Å². The van der Waals surface area contributed by atoms with Crippen molar-refractivity contribution >= 4 is 0 Å².